The van der Waals surface area contributed by atoms with Crippen LogP contribution in [0.4, 0.5) is 0 Å². The summed E-state index contributed by atoms with van der Waals surface area (Å²) in [6.45, 7) is 6.15. The van der Waals surface area contributed by atoms with Crippen LogP contribution < -0.4 is 5.32 Å². The van der Waals surface area contributed by atoms with Gasteiger partial charge in [-0.25, -0.2) is 4.98 Å². The number of nitrogens with one attached hydrogen (secondary N) is 1. The van der Waals surface area contributed by atoms with Crippen LogP contribution in [0.1, 0.15) is 28.7 Å². The predicted molar refractivity (Wildman–Crippen MR) is 64.8 cm³/mol. The second kappa shape index (κ2) is 3.70. The van der Waals surface area contributed by atoms with E-state index in [2.05, 4.69) is 33.8 Å². The van der Waals surface area contributed by atoms with Gasteiger partial charge in [0.25, 0.3) is 0 Å². The molecule has 2 aromatic heterocycles. The topological polar surface area (TPSA) is 47.7 Å². The fourth-order valence-corrected chi connectivity index (χ4v) is 2.65. The summed E-state index contributed by atoms with van der Waals surface area (Å²) in [5.74, 6) is 0. The van der Waals surface area contributed by atoms with Gasteiger partial charge in [-0.3, -0.25) is 4.68 Å². The minimum atomic E-state index is 0.222. The number of nitrogens with zero attached hydrogens (tertiary/aromatic N) is 4. The Kier molecular flexibility index (Phi) is 2.29. The molecule has 1 atom stereocenters. The average Bonchev–Trinajstić information content (AvgIpc) is 2.85. The van der Waals surface area contributed by atoms with Crippen LogP contribution in [0.2, 0.25) is 0 Å². The fraction of sp³-hybridized carbons (Fsp3) is 0.500. The zero-order valence-electron chi connectivity index (χ0n) is 10.4. The molecular formula is C12H17N5. The van der Waals surface area contributed by atoms with Gasteiger partial charge in [0.1, 0.15) is 0 Å². The Labute approximate surface area is 100 Å². The van der Waals surface area contributed by atoms with E-state index in [-0.39, 0.29) is 6.04 Å². The molecule has 0 aromatic carbocycles. The van der Waals surface area contributed by atoms with Gasteiger partial charge in [-0.15, -0.1) is 0 Å². The van der Waals surface area contributed by atoms with E-state index in [1.165, 1.54) is 17.0 Å². The van der Waals surface area contributed by atoms with E-state index in [0.29, 0.717) is 0 Å². The number of aromatic nitrogens is 4. The van der Waals surface area contributed by atoms with Crippen molar-refractivity contribution in [3.05, 3.63) is 35.2 Å². The second-order valence-electron chi connectivity index (χ2n) is 4.61. The molecule has 3 rings (SSSR count). The van der Waals surface area contributed by atoms with Crippen molar-refractivity contribution >= 4 is 0 Å². The summed E-state index contributed by atoms with van der Waals surface area (Å²) in [5.41, 5.74) is 4.83. The number of fused-ring (bicyclic) bond motifs is 1. The second-order valence-corrected chi connectivity index (χ2v) is 4.61. The summed E-state index contributed by atoms with van der Waals surface area (Å²) >= 11 is 0. The molecule has 2 aromatic rings. The van der Waals surface area contributed by atoms with Crippen molar-refractivity contribution < 1.29 is 0 Å². The lowest BCUT2D eigenvalue weighted by Gasteiger charge is -2.26. The van der Waals surface area contributed by atoms with Crippen molar-refractivity contribution in [1.29, 1.82) is 0 Å². The van der Waals surface area contributed by atoms with Crippen LogP contribution >= 0.6 is 0 Å². The lowest BCUT2D eigenvalue weighted by Crippen LogP contribution is -2.34. The van der Waals surface area contributed by atoms with Crippen LogP contribution in [0, 0.1) is 13.8 Å². The summed E-state index contributed by atoms with van der Waals surface area (Å²) in [6, 6.07) is 0.222. The van der Waals surface area contributed by atoms with Crippen LogP contribution in [0.5, 0.6) is 0 Å². The van der Waals surface area contributed by atoms with Gasteiger partial charge in [0.2, 0.25) is 0 Å². The van der Waals surface area contributed by atoms with Crippen LogP contribution in [-0.2, 0) is 13.6 Å². The molecule has 1 aliphatic rings. The first-order valence-corrected chi connectivity index (χ1v) is 5.92. The molecule has 1 unspecified atom stereocenters. The predicted octanol–water partition coefficient (Wildman–Crippen LogP) is 0.926. The number of imidazole rings is 1. The maximum Gasteiger partial charge on any atom is 0.0949 e. The lowest BCUT2D eigenvalue weighted by atomic mass is 10.0. The van der Waals surface area contributed by atoms with Crippen molar-refractivity contribution in [1.82, 2.24) is 24.6 Å². The van der Waals surface area contributed by atoms with Crippen molar-refractivity contribution in [3.8, 4) is 0 Å². The number of hydrogen-bond donors (Lipinski definition) is 1. The standard InChI is InChI=1S/C12H17N5/c1-8-11(9(2)16(3)15-8)12-10-6-13-7-17(10)5-4-14-12/h6-7,12,14H,4-5H2,1-3H3. The van der Waals surface area contributed by atoms with Gasteiger partial charge >= 0.3 is 0 Å². The third kappa shape index (κ3) is 1.50. The lowest BCUT2D eigenvalue weighted by molar-refractivity contribution is 0.464. The minimum Gasteiger partial charge on any atom is -0.332 e. The third-order valence-electron chi connectivity index (χ3n) is 3.60. The molecule has 0 fully saturated rings. The van der Waals surface area contributed by atoms with Gasteiger partial charge in [-0.05, 0) is 13.8 Å². The highest BCUT2D eigenvalue weighted by Crippen LogP contribution is 2.28. The Hall–Kier alpha value is -1.62. The third-order valence-corrected chi connectivity index (χ3v) is 3.60. The Morgan fingerprint density at radius 1 is 1.41 bits per heavy atom. The fourth-order valence-electron chi connectivity index (χ4n) is 2.65. The van der Waals surface area contributed by atoms with Gasteiger partial charge in [0.15, 0.2) is 0 Å². The number of rotatable bonds is 1. The van der Waals surface area contributed by atoms with Gasteiger partial charge in [0, 0.05) is 31.4 Å². The Morgan fingerprint density at radius 3 is 2.94 bits per heavy atom. The molecule has 90 valence electrons. The first kappa shape index (κ1) is 10.5. The van der Waals surface area contributed by atoms with Crippen LogP contribution in [-0.4, -0.2) is 25.9 Å². The van der Waals surface area contributed by atoms with Gasteiger partial charge in [-0.2, -0.15) is 5.10 Å². The maximum atomic E-state index is 4.49. The SMILES string of the molecule is Cc1nn(C)c(C)c1C1NCCn2cncc21. The van der Waals surface area contributed by atoms with E-state index in [9.17, 15) is 0 Å². The molecule has 17 heavy (non-hydrogen) atoms. The summed E-state index contributed by atoms with van der Waals surface area (Å²) < 4.78 is 4.16. The molecule has 0 bridgehead atoms. The van der Waals surface area contributed by atoms with Crippen LogP contribution in [0.15, 0.2) is 12.5 Å². The highest BCUT2D eigenvalue weighted by atomic mass is 15.3. The van der Waals surface area contributed by atoms with Crippen molar-refractivity contribution in [2.75, 3.05) is 6.54 Å². The summed E-state index contributed by atoms with van der Waals surface area (Å²) in [5, 5.41) is 8.05. The van der Waals surface area contributed by atoms with E-state index >= 15 is 0 Å². The number of hydrogen-bond acceptors (Lipinski definition) is 3. The summed E-state index contributed by atoms with van der Waals surface area (Å²) in [4.78, 5) is 4.24. The molecule has 1 aliphatic heterocycles. The van der Waals surface area contributed by atoms with E-state index in [0.717, 1.165) is 18.8 Å². The van der Waals surface area contributed by atoms with Gasteiger partial charge < -0.3 is 9.88 Å². The van der Waals surface area contributed by atoms with E-state index in [4.69, 9.17) is 0 Å². The molecule has 0 aliphatic carbocycles. The van der Waals surface area contributed by atoms with Crippen molar-refractivity contribution in [2.24, 2.45) is 7.05 Å². The minimum absolute atomic E-state index is 0.222. The zero-order chi connectivity index (χ0) is 12.0. The molecule has 1 N–H and O–H groups in total. The molecule has 3 heterocycles. The summed E-state index contributed by atoms with van der Waals surface area (Å²) in [6.07, 6.45) is 3.85. The van der Waals surface area contributed by atoms with Crippen LogP contribution in [0.25, 0.3) is 0 Å². The average molecular weight is 231 g/mol. The highest BCUT2D eigenvalue weighted by Gasteiger charge is 2.26. The molecule has 0 saturated carbocycles. The quantitative estimate of drug-likeness (QED) is 0.794. The number of aryl methyl sites for hydroxylation is 2. The summed E-state index contributed by atoms with van der Waals surface area (Å²) in [7, 11) is 1.99. The van der Waals surface area contributed by atoms with Gasteiger partial charge in [0.05, 0.1) is 30.0 Å². The molecule has 5 nitrogen and oxygen atoms in total. The first-order valence-electron chi connectivity index (χ1n) is 5.92. The first-order chi connectivity index (χ1) is 8.18. The van der Waals surface area contributed by atoms with E-state index in [1.807, 2.05) is 24.3 Å². The molecule has 0 spiro atoms. The smallest absolute Gasteiger partial charge is 0.0949 e. The molecule has 0 amide bonds. The molecule has 0 radical (unpaired) electrons. The maximum absolute atomic E-state index is 4.49. The molecule has 0 saturated heterocycles. The highest BCUT2D eigenvalue weighted by molar-refractivity contribution is 5.34. The van der Waals surface area contributed by atoms with E-state index < -0.39 is 0 Å². The van der Waals surface area contributed by atoms with Crippen molar-refractivity contribution in [3.63, 3.8) is 0 Å². The Morgan fingerprint density at radius 2 is 2.24 bits per heavy atom. The molecular weight excluding hydrogens is 214 g/mol. The van der Waals surface area contributed by atoms with Crippen molar-refractivity contribution in [2.45, 2.75) is 26.4 Å². The monoisotopic (exact) mass is 231 g/mol. The molecule has 5 heteroatoms. The zero-order valence-corrected chi connectivity index (χ0v) is 10.4. The van der Waals surface area contributed by atoms with E-state index in [1.54, 1.807) is 0 Å². The Bertz CT molecular complexity index is 551. The van der Waals surface area contributed by atoms with Gasteiger partial charge in [-0.1, -0.05) is 0 Å². The normalized spacial score (nSPS) is 19.4. The Balaban J connectivity index is 2.12. The van der Waals surface area contributed by atoms with Crippen LogP contribution in [0.3, 0.4) is 0 Å². The largest absolute Gasteiger partial charge is 0.332 e.